The Balaban J connectivity index is 1.59. The van der Waals surface area contributed by atoms with E-state index in [2.05, 4.69) is 10.4 Å². The van der Waals surface area contributed by atoms with Crippen LogP contribution in [-0.4, -0.2) is 39.8 Å². The Hall–Kier alpha value is -2.67. The molecule has 7 heteroatoms. The number of aryl methyl sites for hydroxylation is 1. The Kier molecular flexibility index (Phi) is 4.24. The van der Waals surface area contributed by atoms with Crippen LogP contribution in [0.25, 0.3) is 5.65 Å². The van der Waals surface area contributed by atoms with Gasteiger partial charge in [-0.1, -0.05) is 12.1 Å². The van der Waals surface area contributed by atoms with Crippen LogP contribution in [0.15, 0.2) is 42.9 Å². The molecule has 0 radical (unpaired) electrons. The number of carbonyl (C=O) groups is 1. The van der Waals surface area contributed by atoms with E-state index in [-0.39, 0.29) is 17.1 Å². The number of benzene rings is 1. The van der Waals surface area contributed by atoms with E-state index in [0.29, 0.717) is 25.3 Å². The lowest BCUT2D eigenvalue weighted by Crippen LogP contribution is -2.44. The summed E-state index contributed by atoms with van der Waals surface area (Å²) in [5.41, 5.74) is 1.85. The molecular weight excluding hydrogens is 335 g/mol. The molecule has 0 atom stereocenters. The number of imidazole rings is 1. The zero-order chi connectivity index (χ0) is 18.1. The average Bonchev–Trinajstić information content (AvgIpc) is 3.24. The van der Waals surface area contributed by atoms with Crippen LogP contribution in [0.3, 0.4) is 0 Å². The van der Waals surface area contributed by atoms with Gasteiger partial charge < -0.3 is 14.6 Å². The molecule has 1 aromatic carbocycles. The maximum absolute atomic E-state index is 13.8. The molecule has 1 fully saturated rings. The molecule has 3 heterocycles. The smallest absolute Gasteiger partial charge is 0.256 e. The van der Waals surface area contributed by atoms with Gasteiger partial charge in [0.25, 0.3) is 5.91 Å². The molecule has 0 spiro atoms. The van der Waals surface area contributed by atoms with Gasteiger partial charge in [0, 0.05) is 44.6 Å². The Morgan fingerprint density at radius 1 is 1.35 bits per heavy atom. The average molecular weight is 356 g/mol. The molecule has 0 saturated carbocycles. The number of aromatic nitrogens is 3. The lowest BCUT2D eigenvalue weighted by atomic mass is 9.74. The number of amides is 1. The highest BCUT2D eigenvalue weighted by molar-refractivity contribution is 5.99. The molecule has 1 aliphatic heterocycles. The summed E-state index contributed by atoms with van der Waals surface area (Å²) in [5, 5.41) is 7.25. The van der Waals surface area contributed by atoms with Crippen molar-refractivity contribution < 1.29 is 13.9 Å². The van der Waals surface area contributed by atoms with Crippen LogP contribution < -0.4 is 5.32 Å². The van der Waals surface area contributed by atoms with Gasteiger partial charge in [0.2, 0.25) is 0 Å². The van der Waals surface area contributed by atoms with Gasteiger partial charge in [-0.3, -0.25) is 4.79 Å². The van der Waals surface area contributed by atoms with E-state index < -0.39 is 0 Å². The summed E-state index contributed by atoms with van der Waals surface area (Å²) in [4.78, 5) is 12.8. The van der Waals surface area contributed by atoms with Crippen LogP contribution in [0, 0.1) is 5.82 Å². The minimum atomic E-state index is -0.323. The van der Waals surface area contributed by atoms with Crippen LogP contribution in [0.2, 0.25) is 0 Å². The second-order valence-corrected chi connectivity index (χ2v) is 6.82. The van der Waals surface area contributed by atoms with Crippen molar-refractivity contribution in [1.29, 1.82) is 0 Å². The Labute approximate surface area is 150 Å². The predicted octanol–water partition coefficient (Wildman–Crippen LogP) is 2.29. The fourth-order valence-corrected chi connectivity index (χ4v) is 3.70. The number of fused-ring (bicyclic) bond motifs is 1. The van der Waals surface area contributed by atoms with Gasteiger partial charge in [-0.25, -0.2) is 8.91 Å². The van der Waals surface area contributed by atoms with Crippen molar-refractivity contribution in [2.75, 3.05) is 19.8 Å². The first-order valence-corrected chi connectivity index (χ1v) is 8.70. The molecule has 6 nitrogen and oxygen atoms in total. The van der Waals surface area contributed by atoms with E-state index in [9.17, 15) is 9.18 Å². The van der Waals surface area contributed by atoms with Gasteiger partial charge in [0.1, 0.15) is 17.0 Å². The third kappa shape index (κ3) is 2.88. The van der Waals surface area contributed by atoms with Gasteiger partial charge >= 0.3 is 0 Å². The Bertz CT molecular complexity index is 940. The third-order valence-electron chi connectivity index (χ3n) is 5.25. The molecule has 0 bridgehead atoms. The molecule has 26 heavy (non-hydrogen) atoms. The largest absolute Gasteiger partial charge is 0.381 e. The second-order valence-electron chi connectivity index (χ2n) is 6.82. The Morgan fingerprint density at radius 2 is 2.15 bits per heavy atom. The van der Waals surface area contributed by atoms with Crippen LogP contribution in [0.4, 0.5) is 4.39 Å². The SMILES string of the molecule is Cn1ccn2ncc(C(=O)NCC3(c4cccc(F)c4)CCOCC3)c12. The molecule has 1 N–H and O–H groups in total. The number of halogens is 1. The number of nitrogens with one attached hydrogen (secondary N) is 1. The maximum atomic E-state index is 13.8. The van der Waals surface area contributed by atoms with Crippen molar-refractivity contribution in [2.24, 2.45) is 7.05 Å². The van der Waals surface area contributed by atoms with Crippen molar-refractivity contribution in [3.05, 3.63) is 59.8 Å². The first-order valence-electron chi connectivity index (χ1n) is 8.70. The molecule has 1 aliphatic rings. The number of hydrogen-bond donors (Lipinski definition) is 1. The fraction of sp³-hybridized carbons (Fsp3) is 0.368. The first kappa shape index (κ1) is 16.8. The lowest BCUT2D eigenvalue weighted by Gasteiger charge is -2.38. The Morgan fingerprint density at radius 3 is 2.92 bits per heavy atom. The second kappa shape index (κ2) is 6.57. The van der Waals surface area contributed by atoms with Crippen molar-refractivity contribution in [3.8, 4) is 0 Å². The molecule has 0 unspecified atom stereocenters. The third-order valence-corrected chi connectivity index (χ3v) is 5.25. The molecule has 136 valence electrons. The van der Waals surface area contributed by atoms with Gasteiger partial charge in [-0.15, -0.1) is 0 Å². The van der Waals surface area contributed by atoms with Gasteiger partial charge in [-0.05, 0) is 30.5 Å². The summed E-state index contributed by atoms with van der Waals surface area (Å²) in [5.74, 6) is -0.439. The number of carbonyl (C=O) groups excluding carboxylic acids is 1. The van der Waals surface area contributed by atoms with E-state index in [1.54, 1.807) is 29.0 Å². The number of nitrogens with zero attached hydrogens (tertiary/aromatic N) is 3. The summed E-state index contributed by atoms with van der Waals surface area (Å²) in [6, 6.07) is 6.64. The topological polar surface area (TPSA) is 60.6 Å². The fourth-order valence-electron chi connectivity index (χ4n) is 3.70. The van der Waals surface area contributed by atoms with Gasteiger partial charge in [0.15, 0.2) is 0 Å². The highest BCUT2D eigenvalue weighted by atomic mass is 19.1. The van der Waals surface area contributed by atoms with Gasteiger partial charge in [0.05, 0.1) is 6.20 Å². The van der Waals surface area contributed by atoms with E-state index in [0.717, 1.165) is 24.1 Å². The number of ether oxygens (including phenoxy) is 1. The number of hydrogen-bond acceptors (Lipinski definition) is 3. The zero-order valence-corrected chi connectivity index (χ0v) is 14.6. The van der Waals surface area contributed by atoms with Crippen molar-refractivity contribution >= 4 is 11.6 Å². The predicted molar refractivity (Wildman–Crippen MR) is 94.6 cm³/mol. The molecule has 3 aromatic rings. The van der Waals surface area contributed by atoms with Crippen LogP contribution in [-0.2, 0) is 17.2 Å². The normalized spacial score (nSPS) is 16.7. The minimum absolute atomic E-state index is 0.177. The summed E-state index contributed by atoms with van der Waals surface area (Å²) >= 11 is 0. The van der Waals surface area contributed by atoms with E-state index in [4.69, 9.17) is 4.74 Å². The highest BCUT2D eigenvalue weighted by Gasteiger charge is 2.35. The molecule has 4 rings (SSSR count). The van der Waals surface area contributed by atoms with Crippen LogP contribution in [0.1, 0.15) is 28.8 Å². The molecular formula is C19H21FN4O2. The summed E-state index contributed by atoms with van der Waals surface area (Å²) < 4.78 is 22.8. The quantitative estimate of drug-likeness (QED) is 0.780. The van der Waals surface area contributed by atoms with E-state index >= 15 is 0 Å². The minimum Gasteiger partial charge on any atom is -0.381 e. The van der Waals surface area contributed by atoms with Gasteiger partial charge in [-0.2, -0.15) is 5.10 Å². The monoisotopic (exact) mass is 356 g/mol. The van der Waals surface area contributed by atoms with Crippen LogP contribution in [0.5, 0.6) is 0 Å². The van der Waals surface area contributed by atoms with Crippen molar-refractivity contribution in [2.45, 2.75) is 18.3 Å². The summed E-state index contributed by atoms with van der Waals surface area (Å²) in [6.45, 7) is 1.63. The highest BCUT2D eigenvalue weighted by Crippen LogP contribution is 2.34. The van der Waals surface area contributed by atoms with Crippen LogP contribution >= 0.6 is 0 Å². The first-order chi connectivity index (χ1) is 12.6. The van der Waals surface area contributed by atoms with E-state index in [1.165, 1.54) is 6.07 Å². The number of rotatable bonds is 4. The molecule has 1 amide bonds. The summed E-state index contributed by atoms with van der Waals surface area (Å²) in [6.07, 6.45) is 6.71. The van der Waals surface area contributed by atoms with E-state index in [1.807, 2.05) is 23.9 Å². The molecule has 2 aromatic heterocycles. The molecule has 0 aliphatic carbocycles. The standard InChI is InChI=1S/C19H21FN4O2/c1-23-7-8-24-18(23)16(12-22-24)17(25)21-13-19(5-9-26-10-6-19)14-3-2-4-15(20)11-14/h2-4,7-8,11-12H,5-6,9-10,13H2,1H3,(H,21,25). The molecule has 1 saturated heterocycles. The van der Waals surface area contributed by atoms with Crippen molar-refractivity contribution in [3.63, 3.8) is 0 Å². The zero-order valence-electron chi connectivity index (χ0n) is 14.6. The van der Waals surface area contributed by atoms with Crippen molar-refractivity contribution in [1.82, 2.24) is 19.5 Å². The lowest BCUT2D eigenvalue weighted by molar-refractivity contribution is 0.0486. The summed E-state index contributed by atoms with van der Waals surface area (Å²) in [7, 11) is 1.88. The maximum Gasteiger partial charge on any atom is 0.256 e.